The molecule has 4 aromatic rings. The van der Waals surface area contributed by atoms with Crippen molar-refractivity contribution in [3.63, 3.8) is 0 Å². The van der Waals surface area contributed by atoms with Crippen LogP contribution in [0.5, 0.6) is 11.5 Å². The number of carbonyl (C=O) groups is 2. The number of nitrogens with zero attached hydrogens (tertiary/aromatic N) is 4. The van der Waals surface area contributed by atoms with Crippen LogP contribution in [-0.4, -0.2) is 58.7 Å². The van der Waals surface area contributed by atoms with Gasteiger partial charge in [-0.15, -0.1) is 11.8 Å². The van der Waals surface area contributed by atoms with Crippen LogP contribution in [0.2, 0.25) is 5.02 Å². The van der Waals surface area contributed by atoms with Crippen molar-refractivity contribution < 1.29 is 19.1 Å². The molecule has 0 radical (unpaired) electrons. The number of amides is 2. The van der Waals surface area contributed by atoms with E-state index in [1.807, 2.05) is 71.6 Å². The van der Waals surface area contributed by atoms with Crippen LogP contribution in [0.3, 0.4) is 0 Å². The van der Waals surface area contributed by atoms with Gasteiger partial charge in [-0.05, 0) is 48.6 Å². The quantitative estimate of drug-likeness (QED) is 0.261. The first-order chi connectivity index (χ1) is 21.0. The Hall–Kier alpha value is -3.95. The van der Waals surface area contributed by atoms with Gasteiger partial charge in [0.1, 0.15) is 12.4 Å². The van der Waals surface area contributed by atoms with Gasteiger partial charge in [0.05, 0.1) is 27.4 Å². The third-order valence-corrected chi connectivity index (χ3v) is 9.92. The number of carbonyl (C=O) groups excluding carboxylic acids is 2. The molecule has 8 nitrogen and oxygen atoms in total. The molecule has 0 aliphatic carbocycles. The molecule has 0 saturated carbocycles. The van der Waals surface area contributed by atoms with E-state index in [4.69, 9.17) is 26.2 Å². The van der Waals surface area contributed by atoms with Crippen LogP contribution >= 0.6 is 23.4 Å². The first kappa shape index (κ1) is 27.9. The number of hydrogen-bond donors (Lipinski definition) is 0. The van der Waals surface area contributed by atoms with E-state index in [1.54, 1.807) is 15.6 Å². The molecular formula is C33H31ClN4O4S. The molecule has 43 heavy (non-hydrogen) atoms. The summed E-state index contributed by atoms with van der Waals surface area (Å²) < 4.78 is 13.1. The fourth-order valence-corrected chi connectivity index (χ4v) is 7.36. The number of halogens is 1. The highest BCUT2D eigenvalue weighted by Gasteiger charge is 2.39. The number of likely N-dealkylation sites (tertiary alicyclic amines) is 1. The molecule has 2 amide bonds. The number of ether oxygens (including phenoxy) is 2. The number of benzene rings is 3. The summed E-state index contributed by atoms with van der Waals surface area (Å²) in [5, 5.41) is 5.35. The summed E-state index contributed by atoms with van der Waals surface area (Å²) in [6, 6.07) is 23.3. The van der Waals surface area contributed by atoms with Gasteiger partial charge in [-0.25, -0.2) is 4.68 Å². The van der Waals surface area contributed by atoms with E-state index in [1.165, 1.54) is 11.8 Å². The average Bonchev–Trinajstić information content (AvgIpc) is 3.63. The maximum atomic E-state index is 14.0. The Morgan fingerprint density at radius 1 is 1.00 bits per heavy atom. The number of fused-ring (bicyclic) bond motifs is 2. The lowest BCUT2D eigenvalue weighted by Crippen LogP contribution is -2.46. The van der Waals surface area contributed by atoms with Gasteiger partial charge in [-0.1, -0.05) is 67.1 Å². The number of rotatable bonds is 5. The SMILES string of the molecule is CC1CCN(C(=O)CN2C(=O)CSC(c3ccc4c(c3)OCO4)c3c(-c4ccccc4)nn(-c4ccccc4Cl)c32)CC1. The fourth-order valence-electron chi connectivity index (χ4n) is 5.95. The van der Waals surface area contributed by atoms with Gasteiger partial charge in [0.2, 0.25) is 18.6 Å². The Kier molecular flexibility index (Phi) is 7.53. The van der Waals surface area contributed by atoms with Crippen LogP contribution in [0.25, 0.3) is 16.9 Å². The van der Waals surface area contributed by atoms with Crippen LogP contribution in [0, 0.1) is 5.92 Å². The smallest absolute Gasteiger partial charge is 0.242 e. The number of piperidine rings is 1. The van der Waals surface area contributed by atoms with Crippen LogP contribution in [-0.2, 0) is 9.59 Å². The molecule has 4 heterocycles. The van der Waals surface area contributed by atoms with Crippen molar-refractivity contribution in [3.05, 3.63) is 88.9 Å². The minimum absolute atomic E-state index is 0.0640. The lowest BCUT2D eigenvalue weighted by Gasteiger charge is -2.32. The van der Waals surface area contributed by atoms with Crippen molar-refractivity contribution in [1.82, 2.24) is 14.7 Å². The van der Waals surface area contributed by atoms with E-state index in [9.17, 15) is 9.59 Å². The first-order valence-electron chi connectivity index (χ1n) is 14.5. The van der Waals surface area contributed by atoms with E-state index in [-0.39, 0.29) is 36.2 Å². The zero-order valence-corrected chi connectivity index (χ0v) is 25.3. The Morgan fingerprint density at radius 2 is 1.74 bits per heavy atom. The van der Waals surface area contributed by atoms with Gasteiger partial charge in [0.15, 0.2) is 11.5 Å². The molecule has 1 aromatic heterocycles. The second-order valence-electron chi connectivity index (χ2n) is 11.2. The van der Waals surface area contributed by atoms with Crippen LogP contribution in [0.4, 0.5) is 5.82 Å². The van der Waals surface area contributed by atoms with Gasteiger partial charge in [0, 0.05) is 24.2 Å². The van der Waals surface area contributed by atoms with E-state index >= 15 is 0 Å². The van der Waals surface area contributed by atoms with Crippen LogP contribution in [0.15, 0.2) is 72.8 Å². The Labute approximate surface area is 259 Å². The standard InChI is InChI=1S/C33H31ClN4O4S/c1-21-13-15-36(16-14-21)28(39)18-37-29(40)19-43-32(23-11-12-26-27(17-23)42-20-41-26)30-31(22-7-3-2-4-8-22)35-38(33(30)37)25-10-6-5-9-24(25)34/h2-12,17,21,32H,13-16,18-20H2,1H3. The van der Waals surface area contributed by atoms with Gasteiger partial charge in [-0.3, -0.25) is 14.5 Å². The van der Waals surface area contributed by atoms with Crippen LogP contribution in [0.1, 0.15) is 36.1 Å². The third-order valence-electron chi connectivity index (χ3n) is 8.35. The van der Waals surface area contributed by atoms with Crippen molar-refractivity contribution in [2.45, 2.75) is 25.0 Å². The van der Waals surface area contributed by atoms with Crippen molar-refractivity contribution in [2.24, 2.45) is 5.92 Å². The molecule has 1 atom stereocenters. The number of thioether (sulfide) groups is 1. The van der Waals surface area contributed by atoms with Gasteiger partial charge in [0.25, 0.3) is 0 Å². The molecule has 0 spiro atoms. The highest BCUT2D eigenvalue weighted by molar-refractivity contribution is 8.00. The Balaban J connectivity index is 1.43. The zero-order chi connectivity index (χ0) is 29.5. The van der Waals surface area contributed by atoms with Gasteiger partial charge in [-0.2, -0.15) is 5.10 Å². The largest absolute Gasteiger partial charge is 0.454 e. The van der Waals surface area contributed by atoms with Crippen molar-refractivity contribution in [2.75, 3.05) is 37.1 Å². The molecule has 0 bridgehead atoms. The molecule has 3 aromatic carbocycles. The molecule has 3 aliphatic rings. The predicted octanol–water partition coefficient (Wildman–Crippen LogP) is 6.35. The van der Waals surface area contributed by atoms with Crippen LogP contribution < -0.4 is 14.4 Å². The number of hydrogen-bond acceptors (Lipinski definition) is 6. The molecule has 1 saturated heterocycles. The minimum Gasteiger partial charge on any atom is -0.454 e. The van der Waals surface area contributed by atoms with Crippen molar-refractivity contribution >= 4 is 41.0 Å². The van der Waals surface area contributed by atoms with Crippen molar-refractivity contribution in [1.29, 1.82) is 0 Å². The van der Waals surface area contributed by atoms with E-state index in [2.05, 4.69) is 6.92 Å². The molecule has 1 unspecified atom stereocenters. The molecule has 10 heteroatoms. The summed E-state index contributed by atoms with van der Waals surface area (Å²) in [5.74, 6) is 2.48. The molecule has 3 aliphatic heterocycles. The van der Waals surface area contributed by atoms with Crippen molar-refractivity contribution in [3.8, 4) is 28.4 Å². The molecule has 7 rings (SSSR count). The molecule has 220 valence electrons. The second-order valence-corrected chi connectivity index (χ2v) is 12.7. The summed E-state index contributed by atoms with van der Waals surface area (Å²) in [5.41, 5.74) is 4.07. The van der Waals surface area contributed by atoms with E-state index < -0.39 is 0 Å². The number of anilines is 1. The first-order valence-corrected chi connectivity index (χ1v) is 15.9. The minimum atomic E-state index is -0.282. The summed E-state index contributed by atoms with van der Waals surface area (Å²) in [6.07, 6.45) is 1.92. The van der Waals surface area contributed by atoms with E-state index in [0.717, 1.165) is 35.2 Å². The summed E-state index contributed by atoms with van der Waals surface area (Å²) in [7, 11) is 0. The second kappa shape index (κ2) is 11.6. The normalized spacial score (nSPS) is 18.5. The van der Waals surface area contributed by atoms with Gasteiger partial charge >= 0.3 is 0 Å². The average molecular weight is 615 g/mol. The number of para-hydroxylation sites is 1. The Morgan fingerprint density at radius 3 is 2.53 bits per heavy atom. The third kappa shape index (κ3) is 5.25. The maximum Gasteiger partial charge on any atom is 0.242 e. The monoisotopic (exact) mass is 614 g/mol. The molecule has 1 fully saturated rings. The predicted molar refractivity (Wildman–Crippen MR) is 168 cm³/mol. The zero-order valence-electron chi connectivity index (χ0n) is 23.7. The lowest BCUT2D eigenvalue weighted by atomic mass is 9.98. The van der Waals surface area contributed by atoms with Gasteiger partial charge < -0.3 is 14.4 Å². The molecular weight excluding hydrogens is 584 g/mol. The highest BCUT2D eigenvalue weighted by atomic mass is 35.5. The van der Waals surface area contributed by atoms with E-state index in [0.29, 0.717) is 47.0 Å². The topological polar surface area (TPSA) is 76.9 Å². The molecule has 0 N–H and O–H groups in total. The Bertz CT molecular complexity index is 1690. The fraction of sp³-hybridized carbons (Fsp3) is 0.303. The summed E-state index contributed by atoms with van der Waals surface area (Å²) in [6.45, 7) is 3.71. The highest BCUT2D eigenvalue weighted by Crippen LogP contribution is 2.50. The summed E-state index contributed by atoms with van der Waals surface area (Å²) >= 11 is 8.29. The lowest BCUT2D eigenvalue weighted by molar-refractivity contribution is -0.132. The summed E-state index contributed by atoms with van der Waals surface area (Å²) in [4.78, 5) is 31.3. The number of aromatic nitrogens is 2. The maximum absolute atomic E-state index is 14.0.